The highest BCUT2D eigenvalue weighted by Gasteiger charge is 2.24. The number of nitrogens with zero attached hydrogens (tertiary/aromatic N) is 2. The standard InChI is InChI=1S/C24H32Cl2N2O5S/c1-6-27(7-2)19-9-8-18(16-28(12-13-32-5)24(29)17(3)4)23(14-19)33-34(30,31)20-10-11-21(25)22(26)15-20/h8-11,14-15,17H,6-7,12-13,16H2,1-5H3. The van der Waals surface area contributed by atoms with Gasteiger partial charge in [-0.15, -0.1) is 0 Å². The van der Waals surface area contributed by atoms with Crippen LogP contribution in [0.15, 0.2) is 41.3 Å². The summed E-state index contributed by atoms with van der Waals surface area (Å²) in [5.74, 6) is -0.145. The Balaban J connectivity index is 2.52. The monoisotopic (exact) mass is 530 g/mol. The van der Waals surface area contributed by atoms with Gasteiger partial charge in [0.05, 0.1) is 16.7 Å². The molecule has 0 unspecified atom stereocenters. The van der Waals surface area contributed by atoms with Crippen molar-refractivity contribution < 1.29 is 22.1 Å². The van der Waals surface area contributed by atoms with Crippen molar-refractivity contribution in [3.63, 3.8) is 0 Å². The van der Waals surface area contributed by atoms with Crippen LogP contribution in [0.1, 0.15) is 33.3 Å². The lowest BCUT2D eigenvalue weighted by atomic mass is 10.1. The molecule has 0 saturated heterocycles. The van der Waals surface area contributed by atoms with Crippen LogP contribution >= 0.6 is 23.2 Å². The van der Waals surface area contributed by atoms with Crippen LogP contribution in [0.2, 0.25) is 10.0 Å². The minimum Gasteiger partial charge on any atom is -0.383 e. The Morgan fingerprint density at radius 2 is 1.71 bits per heavy atom. The molecule has 0 atom stereocenters. The number of amides is 1. The summed E-state index contributed by atoms with van der Waals surface area (Å²) in [5.41, 5.74) is 1.37. The van der Waals surface area contributed by atoms with Gasteiger partial charge < -0.3 is 18.7 Å². The molecule has 0 spiro atoms. The van der Waals surface area contributed by atoms with Crippen LogP contribution in [0.5, 0.6) is 5.75 Å². The first kappa shape index (κ1) is 28.2. The zero-order chi connectivity index (χ0) is 25.5. The summed E-state index contributed by atoms with van der Waals surface area (Å²) in [6.07, 6.45) is 0. The van der Waals surface area contributed by atoms with Crippen molar-refractivity contribution in [2.75, 3.05) is 38.3 Å². The third-order valence-corrected chi connectivity index (χ3v) is 7.26. The lowest BCUT2D eigenvalue weighted by Gasteiger charge is -2.27. The lowest BCUT2D eigenvalue weighted by molar-refractivity contribution is -0.135. The molecular formula is C24H32Cl2N2O5S. The molecule has 188 valence electrons. The molecule has 0 fully saturated rings. The number of rotatable bonds is 12. The molecule has 0 aliphatic rings. The number of hydrogen-bond donors (Lipinski definition) is 0. The normalized spacial score (nSPS) is 11.5. The van der Waals surface area contributed by atoms with Crippen LogP contribution in [-0.4, -0.2) is 52.6 Å². The topological polar surface area (TPSA) is 76.2 Å². The van der Waals surface area contributed by atoms with Crippen LogP contribution in [-0.2, 0) is 26.2 Å². The van der Waals surface area contributed by atoms with E-state index in [1.807, 2.05) is 33.8 Å². The highest BCUT2D eigenvalue weighted by atomic mass is 35.5. The van der Waals surface area contributed by atoms with Gasteiger partial charge in [-0.05, 0) is 38.1 Å². The average Bonchev–Trinajstić information content (AvgIpc) is 2.79. The van der Waals surface area contributed by atoms with Crippen LogP contribution < -0.4 is 9.08 Å². The highest BCUT2D eigenvalue weighted by molar-refractivity contribution is 7.87. The predicted octanol–water partition coefficient (Wildman–Crippen LogP) is 5.24. The SMILES string of the molecule is CCN(CC)c1ccc(CN(CCOC)C(=O)C(C)C)c(OS(=O)(=O)c2ccc(Cl)c(Cl)c2)c1. The second-order valence-electron chi connectivity index (χ2n) is 7.98. The Bertz CT molecular complexity index is 1090. The van der Waals surface area contributed by atoms with Crippen molar-refractivity contribution in [1.29, 1.82) is 0 Å². The fourth-order valence-corrected chi connectivity index (χ4v) is 4.72. The van der Waals surface area contributed by atoms with Crippen molar-refractivity contribution in [2.24, 2.45) is 5.92 Å². The van der Waals surface area contributed by atoms with E-state index in [-0.39, 0.29) is 39.1 Å². The summed E-state index contributed by atoms with van der Waals surface area (Å²) in [4.78, 5) is 16.4. The summed E-state index contributed by atoms with van der Waals surface area (Å²) >= 11 is 12.0. The van der Waals surface area contributed by atoms with Crippen LogP contribution in [0.4, 0.5) is 5.69 Å². The largest absolute Gasteiger partial charge is 0.383 e. The molecule has 1 amide bonds. The lowest BCUT2D eigenvalue weighted by Crippen LogP contribution is -2.36. The molecule has 0 bridgehead atoms. The Morgan fingerprint density at radius 3 is 2.26 bits per heavy atom. The molecule has 0 heterocycles. The fourth-order valence-electron chi connectivity index (χ4n) is 3.37. The zero-order valence-electron chi connectivity index (χ0n) is 20.2. The van der Waals surface area contributed by atoms with E-state index >= 15 is 0 Å². The fraction of sp³-hybridized carbons (Fsp3) is 0.458. The number of halogens is 2. The van der Waals surface area contributed by atoms with E-state index in [4.69, 9.17) is 32.1 Å². The van der Waals surface area contributed by atoms with Gasteiger partial charge in [0, 0.05) is 56.5 Å². The molecule has 2 rings (SSSR count). The summed E-state index contributed by atoms with van der Waals surface area (Å²) in [7, 11) is -2.65. The molecule has 0 aromatic heterocycles. The number of carbonyl (C=O) groups is 1. The summed E-state index contributed by atoms with van der Waals surface area (Å²) < 4.78 is 37.0. The molecule has 2 aromatic rings. The van der Waals surface area contributed by atoms with E-state index < -0.39 is 10.1 Å². The van der Waals surface area contributed by atoms with E-state index in [1.54, 1.807) is 24.1 Å². The first-order chi connectivity index (χ1) is 16.0. The highest BCUT2D eigenvalue weighted by Crippen LogP contribution is 2.31. The predicted molar refractivity (Wildman–Crippen MR) is 136 cm³/mol. The second-order valence-corrected chi connectivity index (χ2v) is 10.3. The number of methoxy groups -OCH3 is 1. The number of ether oxygens (including phenoxy) is 1. The van der Waals surface area contributed by atoms with E-state index in [1.165, 1.54) is 18.2 Å². The maximum Gasteiger partial charge on any atom is 0.339 e. The Hall–Kier alpha value is -2.00. The van der Waals surface area contributed by atoms with Crippen LogP contribution in [0, 0.1) is 5.92 Å². The Morgan fingerprint density at radius 1 is 1.03 bits per heavy atom. The van der Waals surface area contributed by atoms with Gasteiger partial charge in [0.1, 0.15) is 10.6 Å². The Labute approximate surface area is 212 Å². The van der Waals surface area contributed by atoms with Gasteiger partial charge in [-0.3, -0.25) is 4.79 Å². The first-order valence-electron chi connectivity index (χ1n) is 11.1. The molecule has 10 heteroatoms. The maximum atomic E-state index is 13.1. The third-order valence-electron chi connectivity index (χ3n) is 5.29. The van der Waals surface area contributed by atoms with E-state index in [2.05, 4.69) is 4.90 Å². The first-order valence-corrected chi connectivity index (χ1v) is 13.3. The third kappa shape index (κ3) is 7.25. The summed E-state index contributed by atoms with van der Waals surface area (Å²) in [5, 5.41) is 0.350. The number of anilines is 1. The van der Waals surface area contributed by atoms with Gasteiger partial charge in [-0.1, -0.05) is 43.1 Å². The zero-order valence-corrected chi connectivity index (χ0v) is 22.5. The summed E-state index contributed by atoms with van der Waals surface area (Å²) in [6.45, 7) is 10.0. The van der Waals surface area contributed by atoms with E-state index in [0.717, 1.165) is 18.8 Å². The van der Waals surface area contributed by atoms with Crippen LogP contribution in [0.3, 0.4) is 0 Å². The van der Waals surface area contributed by atoms with Gasteiger partial charge >= 0.3 is 10.1 Å². The minimum atomic E-state index is -4.21. The molecule has 7 nitrogen and oxygen atoms in total. The van der Waals surface area contributed by atoms with Crippen molar-refractivity contribution in [3.05, 3.63) is 52.0 Å². The number of hydrogen-bond acceptors (Lipinski definition) is 6. The molecule has 0 N–H and O–H groups in total. The molecule has 0 saturated carbocycles. The van der Waals surface area contributed by atoms with Crippen LogP contribution in [0.25, 0.3) is 0 Å². The molecule has 0 radical (unpaired) electrons. The van der Waals surface area contributed by atoms with Crippen molar-refractivity contribution >= 4 is 44.9 Å². The van der Waals surface area contributed by atoms with Crippen molar-refractivity contribution in [1.82, 2.24) is 4.90 Å². The molecule has 0 aliphatic heterocycles. The van der Waals surface area contributed by atoms with Gasteiger partial charge in [-0.2, -0.15) is 8.42 Å². The van der Waals surface area contributed by atoms with Gasteiger partial charge in [0.2, 0.25) is 5.91 Å². The molecular weight excluding hydrogens is 499 g/mol. The van der Waals surface area contributed by atoms with Gasteiger partial charge in [-0.25, -0.2) is 0 Å². The number of carbonyl (C=O) groups excluding carboxylic acids is 1. The smallest absolute Gasteiger partial charge is 0.339 e. The second kappa shape index (κ2) is 12.6. The van der Waals surface area contributed by atoms with Gasteiger partial charge in [0.15, 0.2) is 0 Å². The minimum absolute atomic E-state index is 0.0665. The Kier molecular flexibility index (Phi) is 10.5. The van der Waals surface area contributed by atoms with E-state index in [9.17, 15) is 13.2 Å². The average molecular weight is 532 g/mol. The summed E-state index contributed by atoms with van der Waals surface area (Å²) in [6, 6.07) is 9.37. The van der Waals surface area contributed by atoms with Crippen molar-refractivity contribution in [2.45, 2.75) is 39.1 Å². The van der Waals surface area contributed by atoms with Crippen molar-refractivity contribution in [3.8, 4) is 5.75 Å². The quantitative estimate of drug-likeness (QED) is 0.349. The van der Waals surface area contributed by atoms with E-state index in [0.29, 0.717) is 18.7 Å². The number of benzene rings is 2. The molecule has 34 heavy (non-hydrogen) atoms. The van der Waals surface area contributed by atoms with Gasteiger partial charge in [0.25, 0.3) is 0 Å². The maximum absolute atomic E-state index is 13.1. The molecule has 2 aromatic carbocycles. The molecule has 0 aliphatic carbocycles.